The van der Waals surface area contributed by atoms with Crippen molar-refractivity contribution >= 4 is 17.7 Å². The molecule has 0 saturated carbocycles. The lowest BCUT2D eigenvalue weighted by atomic mass is 10.1. The van der Waals surface area contributed by atoms with Crippen LogP contribution in [-0.4, -0.2) is 28.0 Å². The minimum Gasteiger partial charge on any atom is -0.497 e. The summed E-state index contributed by atoms with van der Waals surface area (Å²) in [6.45, 7) is 6.27. The first kappa shape index (κ1) is 21.6. The van der Waals surface area contributed by atoms with Crippen molar-refractivity contribution in [3.05, 3.63) is 81.6 Å². The molecule has 7 heteroatoms. The number of ether oxygens (including phenoxy) is 1. The van der Waals surface area contributed by atoms with Crippen molar-refractivity contribution in [1.82, 2.24) is 15.1 Å². The second kappa shape index (κ2) is 9.63. The van der Waals surface area contributed by atoms with Crippen LogP contribution in [0.4, 0.5) is 0 Å². The van der Waals surface area contributed by atoms with Gasteiger partial charge in [-0.3, -0.25) is 9.59 Å². The zero-order chi connectivity index (χ0) is 21.7. The summed E-state index contributed by atoms with van der Waals surface area (Å²) in [4.78, 5) is 24.8. The van der Waals surface area contributed by atoms with Crippen molar-refractivity contribution in [1.29, 1.82) is 0 Å². The van der Waals surface area contributed by atoms with Gasteiger partial charge in [-0.25, -0.2) is 0 Å². The summed E-state index contributed by atoms with van der Waals surface area (Å²) in [6.07, 6.45) is 0. The van der Waals surface area contributed by atoms with Crippen molar-refractivity contribution in [3.8, 4) is 11.4 Å². The van der Waals surface area contributed by atoms with Crippen LogP contribution in [0.2, 0.25) is 0 Å². The first-order valence-corrected chi connectivity index (χ1v) is 10.5. The molecule has 156 valence electrons. The summed E-state index contributed by atoms with van der Waals surface area (Å²) >= 11 is 1.31. The number of nitrogens with zero attached hydrogens (tertiary/aromatic N) is 2. The van der Waals surface area contributed by atoms with Crippen LogP contribution in [-0.2, 0) is 11.3 Å². The Morgan fingerprint density at radius 3 is 2.50 bits per heavy atom. The molecule has 6 nitrogen and oxygen atoms in total. The Kier molecular flexibility index (Phi) is 6.95. The lowest BCUT2D eigenvalue weighted by Crippen LogP contribution is -2.30. The monoisotopic (exact) mass is 423 g/mol. The van der Waals surface area contributed by atoms with E-state index in [-0.39, 0.29) is 16.7 Å². The fraction of sp³-hybridized carbons (Fsp3) is 0.261. The highest BCUT2D eigenvalue weighted by Gasteiger charge is 2.16. The molecule has 1 amide bonds. The summed E-state index contributed by atoms with van der Waals surface area (Å²) < 4.78 is 6.51. The highest BCUT2D eigenvalue weighted by atomic mass is 32.2. The number of carbonyl (C=O) groups is 1. The number of aryl methyl sites for hydroxylation is 2. The fourth-order valence-corrected chi connectivity index (χ4v) is 3.64. The zero-order valence-corrected chi connectivity index (χ0v) is 18.3. The number of methoxy groups -OCH3 is 1. The normalized spacial score (nSPS) is 11.7. The van der Waals surface area contributed by atoms with Gasteiger partial charge in [-0.05, 0) is 67.8 Å². The van der Waals surface area contributed by atoms with Crippen LogP contribution >= 0.6 is 11.8 Å². The Bertz CT molecular complexity index is 1090. The maximum atomic E-state index is 12.5. The van der Waals surface area contributed by atoms with Gasteiger partial charge in [0.15, 0.2) is 0 Å². The smallest absolute Gasteiger partial charge is 0.271 e. The number of aromatic nitrogens is 2. The molecule has 2 aromatic carbocycles. The molecule has 0 bridgehead atoms. The Balaban J connectivity index is 1.66. The maximum Gasteiger partial charge on any atom is 0.271 e. The third-order valence-electron chi connectivity index (χ3n) is 4.80. The third-order valence-corrected chi connectivity index (χ3v) is 5.83. The highest BCUT2D eigenvalue weighted by Crippen LogP contribution is 2.21. The molecule has 1 N–H and O–H groups in total. The number of amides is 1. The van der Waals surface area contributed by atoms with Crippen LogP contribution in [0, 0.1) is 13.8 Å². The third kappa shape index (κ3) is 5.30. The van der Waals surface area contributed by atoms with Crippen LogP contribution in [0.3, 0.4) is 0 Å². The lowest BCUT2D eigenvalue weighted by Gasteiger charge is -2.13. The van der Waals surface area contributed by atoms with E-state index in [1.54, 1.807) is 13.2 Å². The molecule has 0 aliphatic heterocycles. The number of rotatable bonds is 7. The predicted molar refractivity (Wildman–Crippen MR) is 119 cm³/mol. The van der Waals surface area contributed by atoms with Crippen LogP contribution in [0.25, 0.3) is 5.69 Å². The van der Waals surface area contributed by atoms with Crippen molar-refractivity contribution < 1.29 is 9.53 Å². The van der Waals surface area contributed by atoms with Gasteiger partial charge in [0.25, 0.3) is 5.56 Å². The molecule has 3 aromatic rings. The van der Waals surface area contributed by atoms with E-state index in [9.17, 15) is 9.59 Å². The van der Waals surface area contributed by atoms with Crippen LogP contribution in [0.15, 0.2) is 64.4 Å². The number of hydrogen-bond acceptors (Lipinski definition) is 5. The van der Waals surface area contributed by atoms with Gasteiger partial charge in [-0.15, -0.1) is 0 Å². The number of hydrogen-bond donors (Lipinski definition) is 1. The quantitative estimate of drug-likeness (QED) is 0.587. The summed E-state index contributed by atoms with van der Waals surface area (Å²) in [5.74, 6) is 0.681. The van der Waals surface area contributed by atoms with Gasteiger partial charge in [0, 0.05) is 12.6 Å². The largest absolute Gasteiger partial charge is 0.497 e. The number of carbonyl (C=O) groups excluding carboxylic acids is 1. The summed E-state index contributed by atoms with van der Waals surface area (Å²) in [5.41, 5.74) is 3.73. The van der Waals surface area contributed by atoms with E-state index in [1.807, 2.05) is 63.2 Å². The van der Waals surface area contributed by atoms with Crippen LogP contribution < -0.4 is 15.6 Å². The Labute approximate surface area is 180 Å². The van der Waals surface area contributed by atoms with Gasteiger partial charge in [0.2, 0.25) is 5.91 Å². The van der Waals surface area contributed by atoms with E-state index in [0.717, 1.165) is 22.4 Å². The van der Waals surface area contributed by atoms with Gasteiger partial charge in [-0.1, -0.05) is 30.0 Å². The average molecular weight is 424 g/mol. The average Bonchev–Trinajstić information content (AvgIpc) is 2.75. The second-order valence-corrected chi connectivity index (χ2v) is 8.38. The van der Waals surface area contributed by atoms with E-state index in [4.69, 9.17) is 4.74 Å². The molecule has 1 aromatic heterocycles. The number of thioether (sulfide) groups is 1. The Hall–Kier alpha value is -3.06. The number of nitrogens with one attached hydrogen (secondary N) is 1. The molecule has 0 spiro atoms. The minimum atomic E-state index is -0.360. The second-order valence-electron chi connectivity index (χ2n) is 7.02. The molecular formula is C23H25N3O3S. The van der Waals surface area contributed by atoms with Gasteiger partial charge in [0.1, 0.15) is 10.8 Å². The van der Waals surface area contributed by atoms with Gasteiger partial charge >= 0.3 is 0 Å². The van der Waals surface area contributed by atoms with Crippen molar-refractivity contribution in [2.24, 2.45) is 0 Å². The van der Waals surface area contributed by atoms with Crippen molar-refractivity contribution in [3.63, 3.8) is 0 Å². The molecule has 0 aliphatic carbocycles. The molecule has 0 unspecified atom stereocenters. The van der Waals surface area contributed by atoms with E-state index >= 15 is 0 Å². The molecule has 3 rings (SSSR count). The predicted octanol–water partition coefficient (Wildman–Crippen LogP) is 3.65. The van der Waals surface area contributed by atoms with Gasteiger partial charge in [-0.2, -0.15) is 9.78 Å². The number of benzene rings is 2. The summed E-state index contributed by atoms with van der Waals surface area (Å²) in [5, 5.41) is 7.63. The van der Waals surface area contributed by atoms with E-state index in [1.165, 1.54) is 22.5 Å². The Morgan fingerprint density at radius 2 is 1.83 bits per heavy atom. The first-order chi connectivity index (χ1) is 14.4. The molecule has 0 fully saturated rings. The molecule has 1 heterocycles. The lowest BCUT2D eigenvalue weighted by molar-refractivity contribution is -0.120. The summed E-state index contributed by atoms with van der Waals surface area (Å²) in [7, 11) is 1.62. The standard InChI is InChI=1S/C23H25N3O3S/c1-15-5-8-19(13-16(15)2)26-22(27)12-11-21(25-26)30-17(3)23(28)24-14-18-6-9-20(29-4)10-7-18/h5-13,17H,14H2,1-4H3,(H,24,28)/t17-/m1/s1. The van der Waals surface area contributed by atoms with Crippen molar-refractivity contribution in [2.45, 2.75) is 37.6 Å². The molecule has 0 aliphatic rings. The molecule has 30 heavy (non-hydrogen) atoms. The fourth-order valence-electron chi connectivity index (χ4n) is 2.81. The maximum absolute atomic E-state index is 12.5. The van der Waals surface area contributed by atoms with Crippen LogP contribution in [0.5, 0.6) is 5.75 Å². The minimum absolute atomic E-state index is 0.0958. The zero-order valence-electron chi connectivity index (χ0n) is 17.5. The Morgan fingerprint density at radius 1 is 1.10 bits per heavy atom. The molecule has 1 atom stereocenters. The SMILES string of the molecule is COc1ccc(CNC(=O)[C@@H](C)Sc2ccc(=O)n(-c3ccc(C)c(C)c3)n2)cc1. The molecule has 0 saturated heterocycles. The van der Waals surface area contributed by atoms with Crippen molar-refractivity contribution in [2.75, 3.05) is 7.11 Å². The highest BCUT2D eigenvalue weighted by molar-refractivity contribution is 8.00. The topological polar surface area (TPSA) is 73.2 Å². The van der Waals surface area contributed by atoms with Gasteiger partial charge in [0.05, 0.1) is 18.0 Å². The van der Waals surface area contributed by atoms with E-state index < -0.39 is 0 Å². The molecular weight excluding hydrogens is 398 g/mol. The van der Waals surface area contributed by atoms with Crippen LogP contribution in [0.1, 0.15) is 23.6 Å². The van der Waals surface area contributed by atoms with E-state index in [2.05, 4.69) is 10.4 Å². The van der Waals surface area contributed by atoms with E-state index in [0.29, 0.717) is 17.3 Å². The van der Waals surface area contributed by atoms with Gasteiger partial charge < -0.3 is 10.1 Å². The molecule has 0 radical (unpaired) electrons. The first-order valence-electron chi connectivity index (χ1n) is 9.62. The summed E-state index contributed by atoms with van der Waals surface area (Å²) in [6, 6.07) is 16.5.